The lowest BCUT2D eigenvalue weighted by atomic mass is 10.0. The number of H-pyrrole nitrogens is 1. The first-order chi connectivity index (χ1) is 8.81. The summed E-state index contributed by atoms with van der Waals surface area (Å²) in [6, 6.07) is 0.578. The van der Waals surface area contributed by atoms with Gasteiger partial charge in [0.15, 0.2) is 0 Å². The number of fused-ring (bicyclic) bond motifs is 1. The molecule has 1 fully saturated rings. The van der Waals surface area contributed by atoms with Gasteiger partial charge in [-0.3, -0.25) is 0 Å². The second-order valence-electron chi connectivity index (χ2n) is 5.95. The van der Waals surface area contributed by atoms with Crippen LogP contribution in [-0.4, -0.2) is 40.5 Å². The maximum absolute atomic E-state index is 4.42. The largest absolute Gasteiger partial charge is 0.347 e. The van der Waals surface area contributed by atoms with E-state index in [1.165, 1.54) is 50.3 Å². The minimum absolute atomic E-state index is 0.578. The minimum Gasteiger partial charge on any atom is -0.347 e. The van der Waals surface area contributed by atoms with Crippen LogP contribution >= 0.6 is 0 Å². The third kappa shape index (κ3) is 2.75. The molecule has 0 aliphatic carbocycles. The molecule has 2 aliphatic heterocycles. The summed E-state index contributed by atoms with van der Waals surface area (Å²) in [6.07, 6.45) is 7.02. The van der Waals surface area contributed by atoms with Crippen molar-refractivity contribution in [3.63, 3.8) is 0 Å². The zero-order valence-electron chi connectivity index (χ0n) is 11.3. The minimum atomic E-state index is 0.578. The van der Waals surface area contributed by atoms with Crippen LogP contribution in [0.1, 0.15) is 37.6 Å². The Kier molecular flexibility index (Phi) is 3.66. The summed E-state index contributed by atoms with van der Waals surface area (Å²) in [4.78, 5) is 10.3. The smallest absolute Gasteiger partial charge is 0.0925 e. The van der Waals surface area contributed by atoms with Crippen LogP contribution < -0.4 is 5.32 Å². The molecular formula is C14H24N4. The van der Waals surface area contributed by atoms with Crippen LogP contribution in [0, 0.1) is 5.92 Å². The second-order valence-corrected chi connectivity index (χ2v) is 5.95. The van der Waals surface area contributed by atoms with E-state index in [1.807, 2.05) is 6.33 Å². The average molecular weight is 248 g/mol. The first kappa shape index (κ1) is 12.2. The molecule has 18 heavy (non-hydrogen) atoms. The first-order valence-electron chi connectivity index (χ1n) is 7.28. The molecule has 0 saturated carbocycles. The van der Waals surface area contributed by atoms with Crippen molar-refractivity contribution < 1.29 is 0 Å². The second kappa shape index (κ2) is 5.41. The average Bonchev–Trinajstić information content (AvgIpc) is 2.74. The molecule has 0 aromatic carbocycles. The Labute approximate surface area is 109 Å². The number of nitrogens with one attached hydrogen (secondary N) is 2. The molecule has 2 N–H and O–H groups in total. The van der Waals surface area contributed by atoms with Crippen LogP contribution in [-0.2, 0) is 13.0 Å². The molecule has 0 spiro atoms. The molecule has 0 radical (unpaired) electrons. The van der Waals surface area contributed by atoms with E-state index < -0.39 is 0 Å². The molecular weight excluding hydrogens is 224 g/mol. The van der Waals surface area contributed by atoms with Crippen molar-refractivity contribution in [1.82, 2.24) is 20.2 Å². The van der Waals surface area contributed by atoms with E-state index in [4.69, 9.17) is 0 Å². The van der Waals surface area contributed by atoms with Gasteiger partial charge in [-0.25, -0.2) is 4.98 Å². The van der Waals surface area contributed by atoms with Gasteiger partial charge in [0.05, 0.1) is 17.7 Å². The number of imidazole rings is 1. The number of nitrogens with zero attached hydrogens (tertiary/aromatic N) is 2. The Balaban J connectivity index is 1.54. The third-order valence-electron chi connectivity index (χ3n) is 4.40. The van der Waals surface area contributed by atoms with Gasteiger partial charge in [-0.15, -0.1) is 0 Å². The lowest BCUT2D eigenvalue weighted by Crippen LogP contribution is -2.45. The van der Waals surface area contributed by atoms with E-state index >= 15 is 0 Å². The predicted octanol–water partition coefficient (Wildman–Crippen LogP) is 1.55. The Hall–Kier alpha value is -0.870. The SMILES string of the molecule is CC1CCCN(CC2Cc3nc[nH]c3CN2)CC1. The van der Waals surface area contributed by atoms with Gasteiger partial charge >= 0.3 is 0 Å². The molecule has 2 aliphatic rings. The molecule has 2 atom stereocenters. The van der Waals surface area contributed by atoms with Gasteiger partial charge in [0, 0.05) is 25.6 Å². The van der Waals surface area contributed by atoms with Crippen molar-refractivity contribution in [2.75, 3.05) is 19.6 Å². The highest BCUT2D eigenvalue weighted by Gasteiger charge is 2.23. The van der Waals surface area contributed by atoms with Gasteiger partial charge in [-0.05, 0) is 38.3 Å². The van der Waals surface area contributed by atoms with Crippen LogP contribution in [0.4, 0.5) is 0 Å². The number of aromatic nitrogens is 2. The van der Waals surface area contributed by atoms with E-state index in [2.05, 4.69) is 27.1 Å². The fourth-order valence-electron chi connectivity index (χ4n) is 3.18. The van der Waals surface area contributed by atoms with Gasteiger partial charge < -0.3 is 15.2 Å². The Bertz CT molecular complexity index is 387. The topological polar surface area (TPSA) is 44.0 Å². The number of rotatable bonds is 2. The fourth-order valence-corrected chi connectivity index (χ4v) is 3.18. The van der Waals surface area contributed by atoms with Crippen molar-refractivity contribution in [3.8, 4) is 0 Å². The van der Waals surface area contributed by atoms with Gasteiger partial charge in [-0.1, -0.05) is 6.92 Å². The van der Waals surface area contributed by atoms with E-state index in [0.717, 1.165) is 18.9 Å². The molecule has 3 rings (SSSR count). The molecule has 1 aromatic rings. The summed E-state index contributed by atoms with van der Waals surface area (Å²) in [5, 5.41) is 3.63. The normalized spacial score (nSPS) is 29.8. The summed E-state index contributed by atoms with van der Waals surface area (Å²) in [7, 11) is 0. The maximum atomic E-state index is 4.42. The van der Waals surface area contributed by atoms with Crippen LogP contribution in [0.3, 0.4) is 0 Å². The highest BCUT2D eigenvalue weighted by molar-refractivity contribution is 5.15. The number of hydrogen-bond acceptors (Lipinski definition) is 3. The summed E-state index contributed by atoms with van der Waals surface area (Å²) in [5.74, 6) is 0.909. The molecule has 0 bridgehead atoms. The summed E-state index contributed by atoms with van der Waals surface area (Å²) >= 11 is 0. The maximum Gasteiger partial charge on any atom is 0.0925 e. The van der Waals surface area contributed by atoms with Gasteiger partial charge in [-0.2, -0.15) is 0 Å². The van der Waals surface area contributed by atoms with Crippen LogP contribution in [0.5, 0.6) is 0 Å². The van der Waals surface area contributed by atoms with E-state index in [1.54, 1.807) is 0 Å². The molecule has 1 saturated heterocycles. The summed E-state index contributed by atoms with van der Waals surface area (Å²) in [6.45, 7) is 7.06. The fraction of sp³-hybridized carbons (Fsp3) is 0.786. The molecule has 100 valence electrons. The molecule has 0 amide bonds. The summed E-state index contributed by atoms with van der Waals surface area (Å²) in [5.41, 5.74) is 2.54. The van der Waals surface area contributed by atoms with E-state index in [-0.39, 0.29) is 0 Å². The Morgan fingerprint density at radius 3 is 3.28 bits per heavy atom. The quantitative estimate of drug-likeness (QED) is 0.834. The summed E-state index contributed by atoms with van der Waals surface area (Å²) < 4.78 is 0. The number of likely N-dealkylation sites (tertiary alicyclic amines) is 1. The van der Waals surface area contributed by atoms with Crippen molar-refractivity contribution >= 4 is 0 Å². The highest BCUT2D eigenvalue weighted by atomic mass is 15.2. The van der Waals surface area contributed by atoms with Crippen LogP contribution in [0.25, 0.3) is 0 Å². The van der Waals surface area contributed by atoms with Crippen LogP contribution in [0.2, 0.25) is 0 Å². The third-order valence-corrected chi connectivity index (χ3v) is 4.40. The zero-order valence-corrected chi connectivity index (χ0v) is 11.3. The van der Waals surface area contributed by atoms with Gasteiger partial charge in [0.25, 0.3) is 0 Å². The van der Waals surface area contributed by atoms with Crippen molar-refractivity contribution in [2.24, 2.45) is 5.92 Å². The monoisotopic (exact) mass is 248 g/mol. The van der Waals surface area contributed by atoms with Crippen molar-refractivity contribution in [1.29, 1.82) is 0 Å². The predicted molar refractivity (Wildman–Crippen MR) is 72.4 cm³/mol. The highest BCUT2D eigenvalue weighted by Crippen LogP contribution is 2.18. The Morgan fingerprint density at radius 1 is 1.39 bits per heavy atom. The van der Waals surface area contributed by atoms with Crippen LogP contribution in [0.15, 0.2) is 6.33 Å². The van der Waals surface area contributed by atoms with E-state index in [9.17, 15) is 0 Å². The zero-order chi connectivity index (χ0) is 12.4. The first-order valence-corrected chi connectivity index (χ1v) is 7.28. The van der Waals surface area contributed by atoms with Gasteiger partial charge in [0.1, 0.15) is 0 Å². The van der Waals surface area contributed by atoms with Gasteiger partial charge in [0.2, 0.25) is 0 Å². The lowest BCUT2D eigenvalue weighted by Gasteiger charge is -2.29. The van der Waals surface area contributed by atoms with Crippen molar-refractivity contribution in [2.45, 2.75) is 45.2 Å². The molecule has 3 heterocycles. The standard InChI is InChI=1S/C14H24N4/c1-11-3-2-5-18(6-4-11)9-12-7-13-14(8-15-12)17-10-16-13/h10-12,15H,2-9H2,1H3,(H,16,17). The molecule has 2 unspecified atom stereocenters. The molecule has 1 aromatic heterocycles. The Morgan fingerprint density at radius 2 is 2.33 bits per heavy atom. The molecule has 4 heteroatoms. The number of hydrogen-bond donors (Lipinski definition) is 2. The number of aromatic amines is 1. The van der Waals surface area contributed by atoms with E-state index in [0.29, 0.717) is 6.04 Å². The lowest BCUT2D eigenvalue weighted by molar-refractivity contribution is 0.241. The van der Waals surface area contributed by atoms with Crippen molar-refractivity contribution in [3.05, 3.63) is 17.7 Å². The molecule has 4 nitrogen and oxygen atoms in total.